The molecule has 0 aromatic heterocycles. The van der Waals surface area contributed by atoms with Crippen molar-refractivity contribution in [1.82, 2.24) is 4.90 Å². The van der Waals surface area contributed by atoms with E-state index < -0.39 is 47.3 Å². The maximum absolute atomic E-state index is 15.7. The van der Waals surface area contributed by atoms with Gasteiger partial charge in [0.15, 0.2) is 0 Å². The molecular formula is C31H40F4N2O6. The Morgan fingerprint density at radius 3 is 2.60 bits per heavy atom. The van der Waals surface area contributed by atoms with Crippen LogP contribution in [-0.2, 0) is 26.0 Å². The van der Waals surface area contributed by atoms with Crippen molar-refractivity contribution in [3.05, 3.63) is 53.3 Å². The molecule has 2 aliphatic rings. The monoisotopic (exact) mass is 612 g/mol. The predicted octanol–water partition coefficient (Wildman–Crippen LogP) is 4.24. The molecule has 4 N–H and O–H groups in total. The van der Waals surface area contributed by atoms with Gasteiger partial charge in [0.2, 0.25) is 5.91 Å². The summed E-state index contributed by atoms with van der Waals surface area (Å²) in [6.07, 6.45) is -4.95. The number of aliphatic hydroxyl groups is 2. The lowest BCUT2D eigenvalue weighted by Crippen LogP contribution is -2.55. The van der Waals surface area contributed by atoms with Crippen molar-refractivity contribution in [2.75, 3.05) is 40.0 Å². The molecule has 2 aromatic rings. The average molecular weight is 613 g/mol. The zero-order valence-corrected chi connectivity index (χ0v) is 24.4. The zero-order chi connectivity index (χ0) is 31.4. The molecule has 4 rings (SSSR count). The van der Waals surface area contributed by atoms with E-state index in [-0.39, 0.29) is 67.5 Å². The molecule has 1 aliphatic heterocycles. The second-order valence-corrected chi connectivity index (χ2v) is 11.3. The molecule has 2 fully saturated rings. The number of hydrogen-bond acceptors (Lipinski definition) is 7. The highest BCUT2D eigenvalue weighted by atomic mass is 19.4. The van der Waals surface area contributed by atoms with E-state index in [2.05, 4.69) is 0 Å². The first-order valence-electron chi connectivity index (χ1n) is 14.6. The summed E-state index contributed by atoms with van der Waals surface area (Å²) in [5.41, 5.74) is 2.74. The van der Waals surface area contributed by atoms with E-state index in [1.54, 1.807) is 18.9 Å². The number of nitrogens with zero attached hydrogens (tertiary/aromatic N) is 1. The number of ether oxygens (including phenoxy) is 3. The van der Waals surface area contributed by atoms with Crippen LogP contribution in [0.15, 0.2) is 36.4 Å². The summed E-state index contributed by atoms with van der Waals surface area (Å²) >= 11 is 0. The van der Waals surface area contributed by atoms with Crippen LogP contribution in [0.2, 0.25) is 0 Å². The highest BCUT2D eigenvalue weighted by molar-refractivity contribution is 5.79. The lowest BCUT2D eigenvalue weighted by molar-refractivity contribution is -0.167. The van der Waals surface area contributed by atoms with Gasteiger partial charge in [-0.1, -0.05) is 12.1 Å². The maximum Gasteiger partial charge on any atom is 0.416 e. The Labute approximate surface area is 248 Å². The van der Waals surface area contributed by atoms with Crippen LogP contribution in [-0.4, -0.2) is 79.3 Å². The van der Waals surface area contributed by atoms with E-state index >= 15 is 4.39 Å². The summed E-state index contributed by atoms with van der Waals surface area (Å²) in [5.74, 6) is -1.62. The Morgan fingerprint density at radius 2 is 1.95 bits per heavy atom. The third-order valence-corrected chi connectivity index (χ3v) is 8.31. The third kappa shape index (κ3) is 7.49. The number of morpholine rings is 1. The van der Waals surface area contributed by atoms with Crippen molar-refractivity contribution < 1.29 is 46.8 Å². The van der Waals surface area contributed by atoms with Gasteiger partial charge in [-0.2, -0.15) is 13.2 Å². The topological polar surface area (TPSA) is 114 Å². The van der Waals surface area contributed by atoms with Crippen LogP contribution < -0.4 is 10.5 Å². The molecule has 12 heteroatoms. The molecule has 238 valence electrons. The van der Waals surface area contributed by atoms with Crippen LogP contribution in [0.1, 0.15) is 50.2 Å². The standard InChI is InChI=1S/C31H40F4N2O6/c1-3-42-22-14-19(13-21(17-22)31(33,34)35)28-23(7-6-8-24(28)32)30(40,9-4-5-11-41-2)27-18-37(10-12-43-27)29(39)20-15-25(36)26(38)16-20/h6-8,13-14,17,20,25-27,38,40H,3-5,9-12,15-16,18,36H2,1-2H3/t20-,25+,26-,27+,30+/m0/s1. The van der Waals surface area contributed by atoms with Gasteiger partial charge in [-0.3, -0.25) is 4.79 Å². The molecule has 0 spiro atoms. The fourth-order valence-electron chi connectivity index (χ4n) is 6.09. The first kappa shape index (κ1) is 33.1. The largest absolute Gasteiger partial charge is 0.494 e. The number of carbonyl (C=O) groups is 1. The molecule has 2 aromatic carbocycles. The van der Waals surface area contributed by atoms with E-state index in [4.69, 9.17) is 19.9 Å². The minimum absolute atomic E-state index is 0.0375. The van der Waals surface area contributed by atoms with Gasteiger partial charge in [-0.15, -0.1) is 0 Å². The number of benzene rings is 2. The number of amides is 1. The van der Waals surface area contributed by atoms with Crippen LogP contribution in [0, 0.1) is 11.7 Å². The number of unbranched alkanes of at least 4 members (excludes halogenated alkanes) is 1. The number of halogens is 4. The van der Waals surface area contributed by atoms with Crippen molar-refractivity contribution in [2.45, 2.75) is 69.1 Å². The molecule has 8 nitrogen and oxygen atoms in total. The number of rotatable bonds is 11. The Hall–Kier alpha value is -2.77. The molecule has 1 heterocycles. The predicted molar refractivity (Wildman–Crippen MR) is 151 cm³/mol. The maximum atomic E-state index is 15.7. The second-order valence-electron chi connectivity index (χ2n) is 11.3. The summed E-state index contributed by atoms with van der Waals surface area (Å²) in [6, 6.07) is 6.48. The van der Waals surface area contributed by atoms with Crippen LogP contribution in [0.25, 0.3) is 11.1 Å². The molecule has 1 saturated heterocycles. The van der Waals surface area contributed by atoms with E-state index in [0.717, 1.165) is 18.2 Å². The van der Waals surface area contributed by atoms with Crippen LogP contribution in [0.5, 0.6) is 5.75 Å². The van der Waals surface area contributed by atoms with Gasteiger partial charge < -0.3 is 35.1 Å². The Bertz CT molecular complexity index is 1250. The molecule has 43 heavy (non-hydrogen) atoms. The smallest absolute Gasteiger partial charge is 0.416 e. The van der Waals surface area contributed by atoms with Crippen LogP contribution in [0.3, 0.4) is 0 Å². The van der Waals surface area contributed by atoms with Crippen molar-refractivity contribution >= 4 is 5.91 Å². The van der Waals surface area contributed by atoms with E-state index in [0.29, 0.717) is 25.9 Å². The number of carbonyl (C=O) groups excluding carboxylic acids is 1. The normalized spacial score (nSPS) is 24.2. The zero-order valence-electron chi connectivity index (χ0n) is 24.4. The summed E-state index contributed by atoms with van der Waals surface area (Å²) in [6.45, 7) is 2.42. The first-order valence-corrected chi connectivity index (χ1v) is 14.6. The Kier molecular flexibility index (Phi) is 10.7. The third-order valence-electron chi connectivity index (χ3n) is 8.31. The van der Waals surface area contributed by atoms with E-state index in [1.807, 2.05) is 0 Å². The summed E-state index contributed by atoms with van der Waals surface area (Å²) in [5, 5.41) is 22.5. The Morgan fingerprint density at radius 1 is 1.19 bits per heavy atom. The lowest BCUT2D eigenvalue weighted by Gasteiger charge is -2.43. The van der Waals surface area contributed by atoms with E-state index in [9.17, 15) is 28.2 Å². The average Bonchev–Trinajstić information content (AvgIpc) is 3.32. The minimum atomic E-state index is -4.73. The molecule has 1 amide bonds. The minimum Gasteiger partial charge on any atom is -0.494 e. The molecule has 1 saturated carbocycles. The van der Waals surface area contributed by atoms with Crippen molar-refractivity contribution in [2.24, 2.45) is 11.7 Å². The molecule has 0 radical (unpaired) electrons. The molecular weight excluding hydrogens is 572 g/mol. The fourth-order valence-corrected chi connectivity index (χ4v) is 6.09. The quantitative estimate of drug-likeness (QED) is 0.257. The lowest BCUT2D eigenvalue weighted by atomic mass is 9.78. The van der Waals surface area contributed by atoms with Gasteiger partial charge in [-0.25, -0.2) is 4.39 Å². The second kappa shape index (κ2) is 13.9. The van der Waals surface area contributed by atoms with Gasteiger partial charge in [0.25, 0.3) is 0 Å². The SMILES string of the molecule is CCOc1cc(-c2c(F)cccc2[C@](O)(CCCCOC)[C@H]2CN(C(=O)[C@H]3C[C@@H](N)[C@@H](O)C3)CCO2)cc(C(F)(F)F)c1. The van der Waals surface area contributed by atoms with Crippen molar-refractivity contribution in [3.63, 3.8) is 0 Å². The summed E-state index contributed by atoms with van der Waals surface area (Å²) < 4.78 is 73.9. The fraction of sp³-hybridized carbons (Fsp3) is 0.581. The van der Waals surface area contributed by atoms with Gasteiger partial charge in [0, 0.05) is 37.8 Å². The van der Waals surface area contributed by atoms with E-state index in [1.165, 1.54) is 18.2 Å². The van der Waals surface area contributed by atoms with Crippen molar-refractivity contribution in [1.29, 1.82) is 0 Å². The number of hydrogen-bond donors (Lipinski definition) is 3. The van der Waals surface area contributed by atoms with Crippen molar-refractivity contribution in [3.8, 4) is 16.9 Å². The summed E-state index contributed by atoms with van der Waals surface area (Å²) in [7, 11) is 1.54. The first-order chi connectivity index (χ1) is 20.4. The van der Waals surface area contributed by atoms with Gasteiger partial charge in [0.05, 0.1) is 31.4 Å². The number of methoxy groups -OCH3 is 1. The molecule has 1 aliphatic carbocycles. The van der Waals surface area contributed by atoms with Crippen LogP contribution >= 0.6 is 0 Å². The van der Waals surface area contributed by atoms with Gasteiger partial charge in [-0.05, 0) is 74.4 Å². The van der Waals surface area contributed by atoms with Gasteiger partial charge >= 0.3 is 6.18 Å². The Balaban J connectivity index is 1.77. The number of nitrogens with two attached hydrogens (primary N) is 1. The van der Waals surface area contributed by atoms with Gasteiger partial charge in [0.1, 0.15) is 23.3 Å². The highest BCUT2D eigenvalue weighted by Gasteiger charge is 2.46. The highest BCUT2D eigenvalue weighted by Crippen LogP contribution is 2.44. The number of aliphatic hydroxyl groups excluding tert-OH is 1. The summed E-state index contributed by atoms with van der Waals surface area (Å²) in [4.78, 5) is 15.0. The number of alkyl halides is 3. The molecule has 0 unspecified atom stereocenters. The molecule has 5 atom stereocenters. The van der Waals surface area contributed by atoms with Crippen LogP contribution in [0.4, 0.5) is 17.6 Å². The molecule has 0 bridgehead atoms.